The van der Waals surface area contributed by atoms with E-state index in [1.54, 1.807) is 35.2 Å². The van der Waals surface area contributed by atoms with Crippen molar-refractivity contribution in [2.45, 2.75) is 5.54 Å². The van der Waals surface area contributed by atoms with Gasteiger partial charge in [0.2, 0.25) is 0 Å². The lowest BCUT2D eigenvalue weighted by Gasteiger charge is -2.35. The van der Waals surface area contributed by atoms with Crippen molar-refractivity contribution in [3.63, 3.8) is 0 Å². The number of benzene rings is 1. The number of ether oxygens (including phenoxy) is 1. The maximum atomic E-state index is 12.6. The van der Waals surface area contributed by atoms with Crippen LogP contribution in [-0.4, -0.2) is 33.7 Å². The standard InChI is InChI=1S/C13H12N2O3/c16-7-13(15-6-5-14-9-15)8-18-11-4-2-1-3-10(11)12(13)17/h1-6,9,16H,7-8H2. The first-order valence-corrected chi connectivity index (χ1v) is 5.64. The molecule has 18 heavy (non-hydrogen) atoms. The molecule has 0 fully saturated rings. The molecular formula is C13H12N2O3. The Labute approximate surface area is 104 Å². The van der Waals surface area contributed by atoms with Crippen LogP contribution >= 0.6 is 0 Å². The van der Waals surface area contributed by atoms with E-state index in [0.717, 1.165) is 0 Å². The van der Waals surface area contributed by atoms with Crippen LogP contribution in [0.15, 0.2) is 43.0 Å². The minimum absolute atomic E-state index is 0.107. The number of aliphatic hydroxyl groups is 1. The Balaban J connectivity index is 2.13. The third-order valence-electron chi connectivity index (χ3n) is 3.28. The zero-order valence-corrected chi connectivity index (χ0v) is 9.61. The molecule has 3 rings (SSSR count). The van der Waals surface area contributed by atoms with Gasteiger partial charge in [-0.2, -0.15) is 0 Å². The number of ketones is 1. The number of carbonyl (C=O) groups is 1. The number of fused-ring (bicyclic) bond motifs is 1. The third-order valence-corrected chi connectivity index (χ3v) is 3.28. The number of hydrogen-bond donors (Lipinski definition) is 1. The number of aromatic nitrogens is 2. The largest absolute Gasteiger partial charge is 0.490 e. The van der Waals surface area contributed by atoms with E-state index in [2.05, 4.69) is 4.98 Å². The highest BCUT2D eigenvalue weighted by atomic mass is 16.5. The van der Waals surface area contributed by atoms with Crippen molar-refractivity contribution in [3.05, 3.63) is 48.5 Å². The number of Topliss-reactive ketones (excluding diaryl/α,β-unsaturated/α-hetero) is 1. The van der Waals surface area contributed by atoms with Gasteiger partial charge >= 0.3 is 0 Å². The topological polar surface area (TPSA) is 64.3 Å². The van der Waals surface area contributed by atoms with Crippen LogP contribution in [0.5, 0.6) is 5.75 Å². The smallest absolute Gasteiger partial charge is 0.198 e. The van der Waals surface area contributed by atoms with Gasteiger partial charge in [0.15, 0.2) is 11.3 Å². The molecule has 0 amide bonds. The minimum Gasteiger partial charge on any atom is -0.490 e. The van der Waals surface area contributed by atoms with Gasteiger partial charge in [-0.25, -0.2) is 4.98 Å². The van der Waals surface area contributed by atoms with Crippen molar-refractivity contribution < 1.29 is 14.6 Å². The molecule has 5 nitrogen and oxygen atoms in total. The van der Waals surface area contributed by atoms with Gasteiger partial charge < -0.3 is 14.4 Å². The first-order chi connectivity index (χ1) is 8.78. The highest BCUT2D eigenvalue weighted by Gasteiger charge is 2.45. The molecule has 1 N–H and O–H groups in total. The van der Waals surface area contributed by atoms with Crippen molar-refractivity contribution in [1.29, 1.82) is 0 Å². The fraction of sp³-hybridized carbons (Fsp3) is 0.231. The van der Waals surface area contributed by atoms with Crippen molar-refractivity contribution >= 4 is 5.78 Å². The summed E-state index contributed by atoms with van der Waals surface area (Å²) in [5.41, 5.74) is -0.614. The Kier molecular flexibility index (Phi) is 2.41. The molecule has 92 valence electrons. The van der Waals surface area contributed by atoms with Crippen molar-refractivity contribution in [2.24, 2.45) is 0 Å². The molecule has 1 aromatic carbocycles. The Morgan fingerprint density at radius 1 is 1.44 bits per heavy atom. The number of carbonyl (C=O) groups excluding carboxylic acids is 1. The summed E-state index contributed by atoms with van der Waals surface area (Å²) in [5.74, 6) is 0.413. The van der Waals surface area contributed by atoms with Gasteiger partial charge in [0, 0.05) is 12.4 Å². The average molecular weight is 244 g/mol. The van der Waals surface area contributed by atoms with Crippen LogP contribution in [0.4, 0.5) is 0 Å². The van der Waals surface area contributed by atoms with Gasteiger partial charge in [-0.15, -0.1) is 0 Å². The van der Waals surface area contributed by atoms with Gasteiger partial charge in [0.25, 0.3) is 0 Å². The zero-order valence-electron chi connectivity index (χ0n) is 9.61. The SMILES string of the molecule is O=C1c2ccccc2OCC1(CO)n1ccnc1. The van der Waals surface area contributed by atoms with Crippen LogP contribution in [-0.2, 0) is 5.54 Å². The van der Waals surface area contributed by atoms with Gasteiger partial charge in [-0.05, 0) is 12.1 Å². The molecule has 2 aromatic rings. The maximum Gasteiger partial charge on any atom is 0.198 e. The summed E-state index contributed by atoms with van der Waals surface area (Å²) in [6.07, 6.45) is 4.75. The molecule has 2 heterocycles. The average Bonchev–Trinajstić information content (AvgIpc) is 2.95. The summed E-state index contributed by atoms with van der Waals surface area (Å²) in [6, 6.07) is 7.05. The van der Waals surface area contributed by atoms with Crippen LogP contribution in [0.2, 0.25) is 0 Å². The molecule has 1 unspecified atom stereocenters. The summed E-state index contributed by atoms with van der Waals surface area (Å²) < 4.78 is 7.20. The third kappa shape index (κ3) is 1.37. The fourth-order valence-corrected chi connectivity index (χ4v) is 2.20. The highest BCUT2D eigenvalue weighted by Crippen LogP contribution is 2.33. The maximum absolute atomic E-state index is 12.6. The molecular weight excluding hydrogens is 232 g/mol. The van der Waals surface area contributed by atoms with Crippen LogP contribution in [0.3, 0.4) is 0 Å². The Morgan fingerprint density at radius 2 is 2.28 bits per heavy atom. The number of hydrogen-bond acceptors (Lipinski definition) is 4. The number of rotatable bonds is 2. The van der Waals surface area contributed by atoms with Crippen molar-refractivity contribution in [3.8, 4) is 5.75 Å². The number of aliphatic hydroxyl groups excluding tert-OH is 1. The lowest BCUT2D eigenvalue weighted by atomic mass is 9.87. The first kappa shape index (κ1) is 11.0. The number of imidazole rings is 1. The van der Waals surface area contributed by atoms with E-state index in [-0.39, 0.29) is 19.0 Å². The van der Waals surface area contributed by atoms with Gasteiger partial charge in [-0.1, -0.05) is 12.1 Å². The zero-order chi connectivity index (χ0) is 12.6. The molecule has 0 saturated heterocycles. The molecule has 0 spiro atoms. The summed E-state index contributed by atoms with van der Waals surface area (Å²) in [4.78, 5) is 16.5. The van der Waals surface area contributed by atoms with Gasteiger partial charge in [0.1, 0.15) is 12.4 Å². The molecule has 0 aliphatic carbocycles. The van der Waals surface area contributed by atoms with E-state index in [0.29, 0.717) is 11.3 Å². The second-order valence-corrected chi connectivity index (χ2v) is 4.27. The van der Waals surface area contributed by atoms with Crippen LogP contribution in [0.1, 0.15) is 10.4 Å². The monoisotopic (exact) mass is 244 g/mol. The van der Waals surface area contributed by atoms with Crippen LogP contribution in [0.25, 0.3) is 0 Å². The summed E-state index contributed by atoms with van der Waals surface area (Å²) in [7, 11) is 0. The second kappa shape index (κ2) is 3.96. The van der Waals surface area contributed by atoms with Crippen LogP contribution in [0, 0.1) is 0 Å². The van der Waals surface area contributed by atoms with Crippen molar-refractivity contribution in [1.82, 2.24) is 9.55 Å². The highest BCUT2D eigenvalue weighted by molar-refractivity contribution is 6.05. The first-order valence-electron chi connectivity index (χ1n) is 5.64. The van der Waals surface area contributed by atoms with Gasteiger partial charge in [0.05, 0.1) is 18.5 Å². The lowest BCUT2D eigenvalue weighted by molar-refractivity contribution is 0.0425. The lowest BCUT2D eigenvalue weighted by Crippen LogP contribution is -2.52. The van der Waals surface area contributed by atoms with E-state index >= 15 is 0 Å². The molecule has 5 heteroatoms. The van der Waals surface area contributed by atoms with E-state index in [4.69, 9.17) is 4.74 Å². The van der Waals surface area contributed by atoms with Crippen LogP contribution < -0.4 is 4.74 Å². The molecule has 0 radical (unpaired) electrons. The fourth-order valence-electron chi connectivity index (χ4n) is 2.20. The summed E-state index contributed by atoms with van der Waals surface area (Å²) in [5, 5.41) is 9.66. The van der Waals surface area contributed by atoms with Crippen molar-refractivity contribution in [2.75, 3.05) is 13.2 Å². The molecule has 0 bridgehead atoms. The molecule has 1 aromatic heterocycles. The predicted molar refractivity (Wildman–Crippen MR) is 63.6 cm³/mol. The Morgan fingerprint density at radius 3 is 3.00 bits per heavy atom. The summed E-state index contributed by atoms with van der Waals surface area (Å²) >= 11 is 0. The minimum atomic E-state index is -1.11. The normalized spacial score (nSPS) is 22.4. The molecule has 0 saturated carbocycles. The second-order valence-electron chi connectivity index (χ2n) is 4.27. The predicted octanol–water partition coefficient (Wildman–Crippen LogP) is 0.846. The van der Waals surface area contributed by atoms with E-state index < -0.39 is 5.54 Å². The van der Waals surface area contributed by atoms with E-state index in [9.17, 15) is 9.90 Å². The molecule has 1 aliphatic heterocycles. The van der Waals surface area contributed by atoms with Gasteiger partial charge in [-0.3, -0.25) is 4.79 Å². The Hall–Kier alpha value is -2.14. The quantitative estimate of drug-likeness (QED) is 0.850. The molecule has 1 atom stereocenters. The number of nitrogens with zero attached hydrogens (tertiary/aromatic N) is 2. The Bertz CT molecular complexity index is 580. The van der Waals surface area contributed by atoms with E-state index in [1.807, 2.05) is 6.07 Å². The van der Waals surface area contributed by atoms with E-state index in [1.165, 1.54) is 6.33 Å². The summed E-state index contributed by atoms with van der Waals surface area (Å²) in [6.45, 7) is -0.216. The number of para-hydroxylation sites is 1. The molecule has 1 aliphatic rings.